The minimum Gasteiger partial charge on any atom is -0.497 e. The summed E-state index contributed by atoms with van der Waals surface area (Å²) in [6.45, 7) is 1.96. The lowest BCUT2D eigenvalue weighted by Crippen LogP contribution is -2.30. The van der Waals surface area contributed by atoms with Crippen LogP contribution >= 0.6 is 11.3 Å². The van der Waals surface area contributed by atoms with Gasteiger partial charge in [-0.05, 0) is 42.6 Å². The maximum atomic E-state index is 11.8. The fourth-order valence-electron chi connectivity index (χ4n) is 1.71. The van der Waals surface area contributed by atoms with Crippen LogP contribution < -0.4 is 14.8 Å². The molecule has 20 heavy (non-hydrogen) atoms. The van der Waals surface area contributed by atoms with Gasteiger partial charge in [-0.15, -0.1) is 11.3 Å². The molecule has 1 amide bonds. The first kappa shape index (κ1) is 14.4. The van der Waals surface area contributed by atoms with Gasteiger partial charge in [-0.1, -0.05) is 6.07 Å². The van der Waals surface area contributed by atoms with Gasteiger partial charge in [0, 0.05) is 4.88 Å². The molecule has 1 heterocycles. The third-order valence-corrected chi connectivity index (χ3v) is 3.83. The minimum atomic E-state index is -0.137. The minimum absolute atomic E-state index is 0.00182. The van der Waals surface area contributed by atoms with Gasteiger partial charge in [0.2, 0.25) is 0 Å². The second-order valence-electron chi connectivity index (χ2n) is 4.27. The van der Waals surface area contributed by atoms with Crippen LogP contribution in [-0.4, -0.2) is 19.6 Å². The van der Waals surface area contributed by atoms with Gasteiger partial charge >= 0.3 is 0 Å². The van der Waals surface area contributed by atoms with Gasteiger partial charge in [0.1, 0.15) is 11.5 Å². The highest BCUT2D eigenvalue weighted by atomic mass is 32.1. The van der Waals surface area contributed by atoms with Crippen LogP contribution in [0.4, 0.5) is 0 Å². The number of hydrogen-bond acceptors (Lipinski definition) is 4. The van der Waals surface area contributed by atoms with Crippen LogP contribution in [0, 0.1) is 0 Å². The number of amides is 1. The third-order valence-electron chi connectivity index (χ3n) is 2.78. The molecule has 1 aromatic heterocycles. The molecule has 0 aliphatic heterocycles. The topological polar surface area (TPSA) is 47.6 Å². The van der Waals surface area contributed by atoms with Crippen molar-refractivity contribution in [3.05, 3.63) is 46.7 Å². The van der Waals surface area contributed by atoms with Crippen molar-refractivity contribution in [2.45, 2.75) is 13.0 Å². The first-order valence-corrected chi connectivity index (χ1v) is 7.16. The molecule has 1 atom stereocenters. The molecule has 106 valence electrons. The molecular weight excluding hydrogens is 274 g/mol. The molecule has 0 saturated heterocycles. The van der Waals surface area contributed by atoms with E-state index in [0.717, 1.165) is 10.6 Å². The zero-order valence-corrected chi connectivity index (χ0v) is 12.3. The average Bonchev–Trinajstić information content (AvgIpc) is 3.00. The van der Waals surface area contributed by atoms with E-state index in [4.69, 9.17) is 9.47 Å². The van der Waals surface area contributed by atoms with Gasteiger partial charge in [-0.3, -0.25) is 4.79 Å². The Morgan fingerprint density at radius 1 is 1.25 bits per heavy atom. The molecular formula is C15H17NO3S. The van der Waals surface area contributed by atoms with E-state index < -0.39 is 0 Å². The number of carbonyl (C=O) groups excluding carboxylic acids is 1. The molecule has 2 rings (SSSR count). The van der Waals surface area contributed by atoms with Crippen LogP contribution in [0.15, 0.2) is 41.8 Å². The highest BCUT2D eigenvalue weighted by Gasteiger charge is 2.10. The van der Waals surface area contributed by atoms with Gasteiger partial charge in [0.15, 0.2) is 6.61 Å². The van der Waals surface area contributed by atoms with Crippen molar-refractivity contribution >= 4 is 17.2 Å². The van der Waals surface area contributed by atoms with E-state index in [1.54, 1.807) is 42.7 Å². The van der Waals surface area contributed by atoms with E-state index in [0.29, 0.717) is 5.75 Å². The molecule has 0 radical (unpaired) electrons. The van der Waals surface area contributed by atoms with Crippen molar-refractivity contribution in [2.75, 3.05) is 13.7 Å². The third kappa shape index (κ3) is 3.99. The molecule has 5 heteroatoms. The summed E-state index contributed by atoms with van der Waals surface area (Å²) in [5.74, 6) is 1.26. The molecule has 0 unspecified atom stereocenters. The van der Waals surface area contributed by atoms with Crippen molar-refractivity contribution in [3.63, 3.8) is 0 Å². The van der Waals surface area contributed by atoms with Crippen molar-refractivity contribution < 1.29 is 14.3 Å². The maximum Gasteiger partial charge on any atom is 0.258 e. The van der Waals surface area contributed by atoms with Gasteiger partial charge in [0.05, 0.1) is 13.2 Å². The van der Waals surface area contributed by atoms with Crippen molar-refractivity contribution in [1.29, 1.82) is 0 Å². The van der Waals surface area contributed by atoms with Crippen LogP contribution in [0.1, 0.15) is 17.8 Å². The van der Waals surface area contributed by atoms with Gasteiger partial charge in [-0.2, -0.15) is 0 Å². The van der Waals surface area contributed by atoms with Crippen molar-refractivity contribution in [1.82, 2.24) is 5.32 Å². The second-order valence-corrected chi connectivity index (χ2v) is 5.25. The first-order chi connectivity index (χ1) is 9.69. The van der Waals surface area contributed by atoms with Crippen LogP contribution in [0.5, 0.6) is 11.5 Å². The summed E-state index contributed by atoms with van der Waals surface area (Å²) < 4.78 is 10.5. The van der Waals surface area contributed by atoms with E-state index in [2.05, 4.69) is 5.32 Å². The normalized spacial score (nSPS) is 11.7. The lowest BCUT2D eigenvalue weighted by molar-refractivity contribution is -0.123. The van der Waals surface area contributed by atoms with E-state index >= 15 is 0 Å². The number of methoxy groups -OCH3 is 1. The monoisotopic (exact) mass is 291 g/mol. The number of ether oxygens (including phenoxy) is 2. The Hall–Kier alpha value is -2.01. The summed E-state index contributed by atoms with van der Waals surface area (Å²) in [5, 5.41) is 4.89. The Morgan fingerprint density at radius 3 is 2.55 bits per heavy atom. The average molecular weight is 291 g/mol. The number of nitrogens with one attached hydrogen (secondary N) is 1. The molecule has 0 fully saturated rings. The Balaban J connectivity index is 1.79. The van der Waals surface area contributed by atoms with E-state index in [1.165, 1.54) is 0 Å². The number of benzene rings is 1. The lowest BCUT2D eigenvalue weighted by atomic mass is 10.3. The summed E-state index contributed by atoms with van der Waals surface area (Å²) in [6.07, 6.45) is 0. The SMILES string of the molecule is COc1ccc(OCC(=O)N[C@H](C)c2cccs2)cc1. The molecule has 0 bridgehead atoms. The standard InChI is InChI=1S/C15H17NO3S/c1-11(14-4-3-9-20-14)16-15(17)10-19-13-7-5-12(18-2)6-8-13/h3-9,11H,10H2,1-2H3,(H,16,17)/t11-/m1/s1. The van der Waals surface area contributed by atoms with E-state index in [9.17, 15) is 4.79 Å². The predicted molar refractivity (Wildman–Crippen MR) is 79.4 cm³/mol. The molecule has 0 spiro atoms. The van der Waals surface area contributed by atoms with Crippen molar-refractivity contribution in [2.24, 2.45) is 0 Å². The zero-order valence-electron chi connectivity index (χ0n) is 11.5. The van der Waals surface area contributed by atoms with Crippen molar-refractivity contribution in [3.8, 4) is 11.5 Å². The quantitative estimate of drug-likeness (QED) is 0.890. The van der Waals surface area contributed by atoms with Crippen LogP contribution in [0.2, 0.25) is 0 Å². The molecule has 0 saturated carbocycles. The number of thiophene rings is 1. The molecule has 2 aromatic rings. The van der Waals surface area contributed by atoms with Crippen LogP contribution in [-0.2, 0) is 4.79 Å². The van der Waals surface area contributed by atoms with Crippen LogP contribution in [0.3, 0.4) is 0 Å². The molecule has 0 aliphatic rings. The highest BCUT2D eigenvalue weighted by Crippen LogP contribution is 2.19. The maximum absolute atomic E-state index is 11.8. The molecule has 4 nitrogen and oxygen atoms in total. The van der Waals surface area contributed by atoms with Gasteiger partial charge in [-0.25, -0.2) is 0 Å². The Kier molecular flexibility index (Phi) is 5.01. The molecule has 1 aromatic carbocycles. The Labute approximate surface area is 122 Å². The summed E-state index contributed by atoms with van der Waals surface area (Å²) in [5.41, 5.74) is 0. The van der Waals surface area contributed by atoms with E-state index in [1.807, 2.05) is 24.4 Å². The lowest BCUT2D eigenvalue weighted by Gasteiger charge is -2.13. The summed E-state index contributed by atoms with van der Waals surface area (Å²) in [4.78, 5) is 12.9. The largest absolute Gasteiger partial charge is 0.497 e. The van der Waals surface area contributed by atoms with Gasteiger partial charge in [0.25, 0.3) is 5.91 Å². The first-order valence-electron chi connectivity index (χ1n) is 6.28. The molecule has 0 aliphatic carbocycles. The number of rotatable bonds is 6. The highest BCUT2D eigenvalue weighted by molar-refractivity contribution is 7.10. The Bertz CT molecular complexity index is 537. The number of carbonyl (C=O) groups is 1. The van der Waals surface area contributed by atoms with Gasteiger partial charge < -0.3 is 14.8 Å². The summed E-state index contributed by atoms with van der Waals surface area (Å²) >= 11 is 1.62. The van der Waals surface area contributed by atoms with Crippen LogP contribution in [0.25, 0.3) is 0 Å². The summed E-state index contributed by atoms with van der Waals surface area (Å²) in [6, 6.07) is 11.1. The second kappa shape index (κ2) is 6.96. The summed E-state index contributed by atoms with van der Waals surface area (Å²) in [7, 11) is 1.61. The fraction of sp³-hybridized carbons (Fsp3) is 0.267. The zero-order chi connectivity index (χ0) is 14.4. The van der Waals surface area contributed by atoms with E-state index in [-0.39, 0.29) is 18.6 Å². The predicted octanol–water partition coefficient (Wildman–Crippen LogP) is 3.01. The number of hydrogen-bond donors (Lipinski definition) is 1. The molecule has 1 N–H and O–H groups in total. The Morgan fingerprint density at radius 2 is 1.95 bits per heavy atom. The fourth-order valence-corrected chi connectivity index (χ4v) is 2.45. The smallest absolute Gasteiger partial charge is 0.258 e.